The number of halogens is 3. The summed E-state index contributed by atoms with van der Waals surface area (Å²) in [5, 5.41) is 4.69. The summed E-state index contributed by atoms with van der Waals surface area (Å²) < 4.78 is 0. The average Bonchev–Trinajstić information content (AvgIpc) is 2.89. The molecule has 3 aromatic rings. The second-order valence-corrected chi connectivity index (χ2v) is 11.1. The van der Waals surface area contributed by atoms with Crippen LogP contribution >= 0.6 is 46.6 Å². The highest BCUT2D eigenvalue weighted by Gasteiger charge is 2.30. The number of carbonyl (C=O) groups is 2. The van der Waals surface area contributed by atoms with Gasteiger partial charge in [0.15, 0.2) is 0 Å². The summed E-state index contributed by atoms with van der Waals surface area (Å²) in [6.07, 6.45) is 1.22. The molecule has 0 saturated heterocycles. The molecule has 0 aliphatic heterocycles. The van der Waals surface area contributed by atoms with Crippen molar-refractivity contribution in [1.29, 1.82) is 0 Å². The normalized spacial score (nSPS) is 12.6. The van der Waals surface area contributed by atoms with E-state index in [2.05, 4.69) is 5.32 Å². The Labute approximate surface area is 238 Å². The number of nitrogens with zero attached hydrogens (tertiary/aromatic N) is 1. The number of carbonyl (C=O) groups excluding carboxylic acids is 2. The number of hydrogen-bond acceptors (Lipinski definition) is 3. The van der Waals surface area contributed by atoms with Crippen molar-refractivity contribution >= 4 is 58.4 Å². The lowest BCUT2D eigenvalue weighted by Gasteiger charge is -2.32. The Hall–Kier alpha value is -2.18. The van der Waals surface area contributed by atoms with E-state index < -0.39 is 6.04 Å². The van der Waals surface area contributed by atoms with Crippen LogP contribution in [0.3, 0.4) is 0 Å². The quantitative estimate of drug-likeness (QED) is 0.243. The topological polar surface area (TPSA) is 49.4 Å². The van der Waals surface area contributed by atoms with Gasteiger partial charge in [0.05, 0.1) is 15.8 Å². The highest BCUT2D eigenvalue weighted by molar-refractivity contribution is 7.99. The molecule has 3 rings (SSSR count). The maximum absolute atomic E-state index is 13.7. The lowest BCUT2D eigenvalue weighted by atomic mass is 10.0. The molecule has 0 aliphatic rings. The van der Waals surface area contributed by atoms with E-state index in [1.807, 2.05) is 68.4 Å². The van der Waals surface area contributed by atoms with Gasteiger partial charge in [0.1, 0.15) is 6.04 Å². The van der Waals surface area contributed by atoms with Crippen molar-refractivity contribution in [3.63, 3.8) is 0 Å². The number of benzene rings is 3. The molecule has 0 bridgehead atoms. The zero-order chi connectivity index (χ0) is 26.8. The third-order valence-electron chi connectivity index (χ3n) is 6.02. The van der Waals surface area contributed by atoms with Crippen LogP contribution in [0, 0.1) is 0 Å². The average molecular weight is 578 g/mol. The SMILES string of the molecule is CC[C@H](C)NC(=O)[C@H](Cc1ccccc1)N(Cc1ccc(Cl)cc1)C(=O)CSCc1ccc(Cl)c(Cl)c1. The van der Waals surface area contributed by atoms with Gasteiger partial charge in [0.2, 0.25) is 11.8 Å². The molecule has 0 aliphatic carbocycles. The van der Waals surface area contributed by atoms with Crippen LogP contribution in [0.2, 0.25) is 15.1 Å². The van der Waals surface area contributed by atoms with Crippen LogP contribution < -0.4 is 5.32 Å². The predicted molar refractivity (Wildman–Crippen MR) is 156 cm³/mol. The Morgan fingerprint density at radius 3 is 2.22 bits per heavy atom. The van der Waals surface area contributed by atoms with E-state index in [9.17, 15) is 9.59 Å². The maximum Gasteiger partial charge on any atom is 0.243 e. The molecular weight excluding hydrogens is 547 g/mol. The summed E-state index contributed by atoms with van der Waals surface area (Å²) in [5.41, 5.74) is 2.87. The molecule has 0 saturated carbocycles. The molecule has 0 aromatic heterocycles. The van der Waals surface area contributed by atoms with Gasteiger partial charge in [-0.25, -0.2) is 0 Å². The molecule has 3 aromatic carbocycles. The van der Waals surface area contributed by atoms with Crippen molar-refractivity contribution in [2.75, 3.05) is 5.75 Å². The monoisotopic (exact) mass is 576 g/mol. The summed E-state index contributed by atoms with van der Waals surface area (Å²) in [6, 6.07) is 21.9. The Morgan fingerprint density at radius 2 is 1.57 bits per heavy atom. The van der Waals surface area contributed by atoms with Gasteiger partial charge in [-0.05, 0) is 54.3 Å². The minimum atomic E-state index is -0.662. The van der Waals surface area contributed by atoms with Crippen LogP contribution in [-0.2, 0) is 28.3 Å². The zero-order valence-electron chi connectivity index (χ0n) is 20.9. The fourth-order valence-corrected chi connectivity index (χ4v) is 5.05. The smallest absolute Gasteiger partial charge is 0.243 e. The van der Waals surface area contributed by atoms with Gasteiger partial charge in [-0.1, -0.05) is 90.3 Å². The largest absolute Gasteiger partial charge is 0.352 e. The summed E-state index contributed by atoms with van der Waals surface area (Å²) in [4.78, 5) is 28.9. The molecule has 0 spiro atoms. The van der Waals surface area contributed by atoms with E-state index in [0.717, 1.165) is 23.1 Å². The summed E-state index contributed by atoms with van der Waals surface area (Å²) >= 11 is 19.7. The van der Waals surface area contributed by atoms with Crippen LogP contribution in [0.25, 0.3) is 0 Å². The molecule has 1 N–H and O–H groups in total. The first kappa shape index (κ1) is 29.4. The van der Waals surface area contributed by atoms with Gasteiger partial charge < -0.3 is 10.2 Å². The minimum Gasteiger partial charge on any atom is -0.352 e. The van der Waals surface area contributed by atoms with Crippen molar-refractivity contribution in [1.82, 2.24) is 10.2 Å². The first-order valence-corrected chi connectivity index (χ1v) is 14.5. The number of hydrogen-bond donors (Lipinski definition) is 1. The maximum atomic E-state index is 13.7. The number of nitrogens with one attached hydrogen (secondary N) is 1. The van der Waals surface area contributed by atoms with Crippen molar-refractivity contribution in [3.05, 3.63) is 105 Å². The molecule has 2 amide bonds. The van der Waals surface area contributed by atoms with Gasteiger partial charge >= 0.3 is 0 Å². The Kier molecular flexibility index (Phi) is 11.7. The van der Waals surface area contributed by atoms with Crippen LogP contribution in [0.15, 0.2) is 72.8 Å². The predicted octanol–water partition coefficient (Wildman–Crippen LogP) is 7.43. The molecule has 0 unspecified atom stereocenters. The van der Waals surface area contributed by atoms with Gasteiger partial charge in [0, 0.05) is 29.8 Å². The van der Waals surface area contributed by atoms with Crippen molar-refractivity contribution in [2.24, 2.45) is 0 Å². The second-order valence-electron chi connectivity index (χ2n) is 8.91. The lowest BCUT2D eigenvalue weighted by molar-refractivity contribution is -0.139. The highest BCUT2D eigenvalue weighted by atomic mass is 35.5. The van der Waals surface area contributed by atoms with Crippen molar-refractivity contribution < 1.29 is 9.59 Å². The molecule has 8 heteroatoms. The Bertz CT molecular complexity index is 1180. The van der Waals surface area contributed by atoms with Crippen molar-refractivity contribution in [3.8, 4) is 0 Å². The molecule has 0 fully saturated rings. The zero-order valence-corrected chi connectivity index (χ0v) is 24.0. The number of thioether (sulfide) groups is 1. The van der Waals surface area contributed by atoms with Crippen molar-refractivity contribution in [2.45, 2.75) is 51.1 Å². The minimum absolute atomic E-state index is 0.00212. The fraction of sp³-hybridized carbons (Fsp3) is 0.310. The van der Waals surface area contributed by atoms with E-state index in [1.165, 1.54) is 11.8 Å². The molecule has 4 nitrogen and oxygen atoms in total. The molecule has 0 radical (unpaired) electrons. The van der Waals surface area contributed by atoms with Gasteiger partial charge in [-0.3, -0.25) is 9.59 Å². The summed E-state index contributed by atoms with van der Waals surface area (Å²) in [7, 11) is 0. The summed E-state index contributed by atoms with van der Waals surface area (Å²) in [5.74, 6) is 0.547. The van der Waals surface area contributed by atoms with Gasteiger partial charge in [-0.2, -0.15) is 0 Å². The molecule has 37 heavy (non-hydrogen) atoms. The molecule has 0 heterocycles. The van der Waals surface area contributed by atoms with E-state index in [1.54, 1.807) is 23.1 Å². The third kappa shape index (κ3) is 9.26. The van der Waals surface area contributed by atoms with Crippen LogP contribution in [-0.4, -0.2) is 34.6 Å². The molecular formula is C29H31Cl3N2O2S. The first-order valence-electron chi connectivity index (χ1n) is 12.2. The van der Waals surface area contributed by atoms with E-state index in [0.29, 0.717) is 33.8 Å². The van der Waals surface area contributed by atoms with E-state index in [4.69, 9.17) is 34.8 Å². The number of rotatable bonds is 12. The first-order chi connectivity index (χ1) is 17.8. The number of amides is 2. The Morgan fingerprint density at radius 1 is 0.892 bits per heavy atom. The molecule has 196 valence electrons. The second kappa shape index (κ2) is 14.7. The lowest BCUT2D eigenvalue weighted by Crippen LogP contribution is -2.52. The fourth-order valence-electron chi connectivity index (χ4n) is 3.75. The van der Waals surface area contributed by atoms with Gasteiger partial charge in [0.25, 0.3) is 0 Å². The summed E-state index contributed by atoms with van der Waals surface area (Å²) in [6.45, 7) is 4.29. The van der Waals surface area contributed by atoms with Gasteiger partial charge in [-0.15, -0.1) is 11.8 Å². The van der Waals surface area contributed by atoms with Crippen LogP contribution in [0.1, 0.15) is 37.0 Å². The Balaban J connectivity index is 1.84. The van der Waals surface area contributed by atoms with Crippen LogP contribution in [0.4, 0.5) is 0 Å². The van der Waals surface area contributed by atoms with E-state index in [-0.39, 0.29) is 23.6 Å². The van der Waals surface area contributed by atoms with Crippen LogP contribution in [0.5, 0.6) is 0 Å². The van der Waals surface area contributed by atoms with E-state index >= 15 is 0 Å². The molecule has 2 atom stereocenters. The highest BCUT2D eigenvalue weighted by Crippen LogP contribution is 2.25. The standard InChI is InChI=1S/C29H31Cl3N2O2S/c1-3-20(2)33-29(36)27(16-21-7-5-4-6-8-21)34(17-22-9-12-24(30)13-10-22)28(35)19-37-18-23-11-14-25(31)26(32)15-23/h4-15,20,27H,3,16-19H2,1-2H3,(H,33,36)/t20-,27-/m0/s1. The third-order valence-corrected chi connectivity index (χ3v) is 8.00.